The minimum Gasteiger partial charge on any atom is -0.314 e. The smallest absolute Gasteiger partial charge is 0.314 e. The Balaban J connectivity index is 3.30. The van der Waals surface area contributed by atoms with E-state index in [4.69, 9.17) is 0 Å². The second kappa shape index (κ2) is 6.74. The van der Waals surface area contributed by atoms with Crippen molar-refractivity contribution in [1.82, 2.24) is 5.32 Å². The summed E-state index contributed by atoms with van der Waals surface area (Å²) in [5, 5.41) is 3.04. The van der Waals surface area contributed by atoms with Gasteiger partial charge in [-0.3, -0.25) is 0 Å². The molecule has 0 fully saturated rings. The highest BCUT2D eigenvalue weighted by Gasteiger charge is 2.48. The van der Waals surface area contributed by atoms with E-state index in [0.29, 0.717) is 19.0 Å². The van der Waals surface area contributed by atoms with E-state index in [1.165, 1.54) is 0 Å². The van der Waals surface area contributed by atoms with E-state index in [-0.39, 0.29) is 18.0 Å². The molecule has 0 saturated carbocycles. The Bertz CT molecular complexity index is 584. The molecule has 21 heavy (non-hydrogen) atoms. The standard InChI is InChI=1S/C13H17F4NO2S/c1-3-11(18-4-2)7-9-5-6-10(14)8-12(9)21(19,20)13(15,16)17/h5-6,8,11,18H,3-4,7H2,1-2H3. The van der Waals surface area contributed by atoms with E-state index in [1.54, 1.807) is 0 Å². The first-order chi connectivity index (χ1) is 9.63. The Morgan fingerprint density at radius 3 is 2.33 bits per heavy atom. The molecule has 0 aliphatic carbocycles. The predicted molar refractivity (Wildman–Crippen MR) is 71.1 cm³/mol. The first-order valence-corrected chi connectivity index (χ1v) is 7.95. The van der Waals surface area contributed by atoms with Crippen LogP contribution in [-0.2, 0) is 16.3 Å². The van der Waals surface area contributed by atoms with Gasteiger partial charge < -0.3 is 5.32 Å². The average molecular weight is 327 g/mol. The lowest BCUT2D eigenvalue weighted by atomic mass is 10.0. The van der Waals surface area contributed by atoms with Crippen molar-refractivity contribution in [3.63, 3.8) is 0 Å². The SMILES string of the molecule is CCNC(CC)Cc1ccc(F)cc1S(=O)(=O)C(F)(F)F. The molecular formula is C13H17F4NO2S. The van der Waals surface area contributed by atoms with Crippen LogP contribution in [0.3, 0.4) is 0 Å². The Morgan fingerprint density at radius 1 is 1.24 bits per heavy atom. The third-order valence-corrected chi connectivity index (χ3v) is 4.64. The molecular weight excluding hydrogens is 310 g/mol. The van der Waals surface area contributed by atoms with Crippen LogP contribution in [0.25, 0.3) is 0 Å². The summed E-state index contributed by atoms with van der Waals surface area (Å²) in [5.74, 6) is -1.02. The van der Waals surface area contributed by atoms with Gasteiger partial charge in [0.05, 0.1) is 4.90 Å². The van der Waals surface area contributed by atoms with E-state index in [2.05, 4.69) is 5.32 Å². The van der Waals surface area contributed by atoms with Crippen LogP contribution in [0.5, 0.6) is 0 Å². The van der Waals surface area contributed by atoms with Gasteiger partial charge in [0.25, 0.3) is 9.84 Å². The molecule has 0 heterocycles. The third kappa shape index (κ3) is 4.16. The molecule has 0 aliphatic rings. The first-order valence-electron chi connectivity index (χ1n) is 6.46. The number of benzene rings is 1. The van der Waals surface area contributed by atoms with Gasteiger partial charge in [-0.05, 0) is 37.1 Å². The Kier molecular flexibility index (Phi) is 5.75. The van der Waals surface area contributed by atoms with Crippen LogP contribution in [0.4, 0.5) is 17.6 Å². The lowest BCUT2D eigenvalue weighted by molar-refractivity contribution is -0.0436. The quantitative estimate of drug-likeness (QED) is 0.817. The molecule has 3 nitrogen and oxygen atoms in total. The summed E-state index contributed by atoms with van der Waals surface area (Å²) in [6, 6.07) is 2.30. The molecule has 0 spiro atoms. The summed E-state index contributed by atoms with van der Waals surface area (Å²) < 4.78 is 74.3. The molecule has 1 aromatic rings. The molecule has 0 bridgehead atoms. The fraction of sp³-hybridized carbons (Fsp3) is 0.538. The minimum atomic E-state index is -5.57. The van der Waals surface area contributed by atoms with Gasteiger partial charge in [0.2, 0.25) is 0 Å². The van der Waals surface area contributed by atoms with Crippen LogP contribution in [-0.4, -0.2) is 26.5 Å². The number of hydrogen-bond donors (Lipinski definition) is 1. The molecule has 0 aliphatic heterocycles. The van der Waals surface area contributed by atoms with Gasteiger partial charge in [-0.15, -0.1) is 0 Å². The lowest BCUT2D eigenvalue weighted by Crippen LogP contribution is -2.31. The summed E-state index contributed by atoms with van der Waals surface area (Å²) in [5.41, 5.74) is -5.49. The summed E-state index contributed by atoms with van der Waals surface area (Å²) in [6.07, 6.45) is 0.686. The Hall–Kier alpha value is -1.15. The van der Waals surface area contributed by atoms with E-state index in [0.717, 1.165) is 12.1 Å². The van der Waals surface area contributed by atoms with Crippen molar-refractivity contribution < 1.29 is 26.0 Å². The second-order valence-electron chi connectivity index (χ2n) is 4.57. The van der Waals surface area contributed by atoms with Gasteiger partial charge in [0.1, 0.15) is 5.82 Å². The highest BCUT2D eigenvalue weighted by atomic mass is 32.2. The van der Waals surface area contributed by atoms with Crippen LogP contribution >= 0.6 is 0 Å². The zero-order chi connectivity index (χ0) is 16.3. The van der Waals surface area contributed by atoms with Crippen LogP contribution in [0, 0.1) is 5.82 Å². The fourth-order valence-corrected chi connectivity index (χ4v) is 3.00. The van der Waals surface area contributed by atoms with Crippen molar-refractivity contribution in [2.45, 2.75) is 43.1 Å². The Labute approximate surface area is 121 Å². The minimum absolute atomic E-state index is 0.0403. The number of alkyl halides is 3. The molecule has 1 unspecified atom stereocenters. The van der Waals surface area contributed by atoms with Crippen molar-refractivity contribution >= 4 is 9.84 Å². The van der Waals surface area contributed by atoms with E-state index in [9.17, 15) is 26.0 Å². The highest BCUT2D eigenvalue weighted by molar-refractivity contribution is 7.92. The highest BCUT2D eigenvalue weighted by Crippen LogP contribution is 2.33. The normalized spacial score (nSPS) is 14.2. The maximum atomic E-state index is 13.2. The molecule has 8 heteroatoms. The van der Waals surface area contributed by atoms with Crippen molar-refractivity contribution in [3.8, 4) is 0 Å². The van der Waals surface area contributed by atoms with Crippen LogP contribution in [0.15, 0.2) is 23.1 Å². The van der Waals surface area contributed by atoms with E-state index < -0.39 is 26.1 Å². The number of likely N-dealkylation sites (N-methyl/N-ethyl adjacent to an activating group) is 1. The molecule has 0 radical (unpaired) electrons. The monoisotopic (exact) mass is 327 g/mol. The van der Waals surface area contributed by atoms with Crippen molar-refractivity contribution in [2.75, 3.05) is 6.54 Å². The zero-order valence-electron chi connectivity index (χ0n) is 11.7. The number of sulfone groups is 1. The molecule has 1 rings (SSSR count). The van der Waals surface area contributed by atoms with Crippen LogP contribution < -0.4 is 5.32 Å². The maximum absolute atomic E-state index is 13.2. The molecule has 120 valence electrons. The lowest BCUT2D eigenvalue weighted by Gasteiger charge is -2.18. The second-order valence-corrected chi connectivity index (χ2v) is 6.48. The molecule has 0 saturated heterocycles. The molecule has 1 aromatic carbocycles. The van der Waals surface area contributed by atoms with E-state index in [1.807, 2.05) is 13.8 Å². The van der Waals surface area contributed by atoms with Gasteiger partial charge >= 0.3 is 5.51 Å². The molecule has 1 N–H and O–H groups in total. The summed E-state index contributed by atoms with van der Waals surface area (Å²) in [6.45, 7) is 4.26. The van der Waals surface area contributed by atoms with Crippen molar-refractivity contribution in [1.29, 1.82) is 0 Å². The zero-order valence-corrected chi connectivity index (χ0v) is 12.5. The number of rotatable bonds is 6. The van der Waals surface area contributed by atoms with Gasteiger partial charge in [-0.2, -0.15) is 13.2 Å². The fourth-order valence-electron chi connectivity index (χ4n) is 1.99. The summed E-state index contributed by atoms with van der Waals surface area (Å²) >= 11 is 0. The van der Waals surface area contributed by atoms with Crippen molar-refractivity contribution in [2.24, 2.45) is 0 Å². The van der Waals surface area contributed by atoms with Crippen molar-refractivity contribution in [3.05, 3.63) is 29.6 Å². The molecule has 0 aromatic heterocycles. The number of halogens is 4. The van der Waals surface area contributed by atoms with Gasteiger partial charge in [-0.1, -0.05) is 19.9 Å². The third-order valence-electron chi connectivity index (χ3n) is 3.08. The maximum Gasteiger partial charge on any atom is 0.501 e. The average Bonchev–Trinajstić information content (AvgIpc) is 2.38. The van der Waals surface area contributed by atoms with Gasteiger partial charge in [0.15, 0.2) is 0 Å². The summed E-state index contributed by atoms with van der Waals surface area (Å²) in [7, 11) is -5.57. The number of nitrogens with one attached hydrogen (secondary N) is 1. The Morgan fingerprint density at radius 2 is 1.86 bits per heavy atom. The summed E-state index contributed by atoms with van der Waals surface area (Å²) in [4.78, 5) is -1.01. The molecule has 0 amide bonds. The van der Waals surface area contributed by atoms with Crippen LogP contribution in [0.1, 0.15) is 25.8 Å². The van der Waals surface area contributed by atoms with E-state index >= 15 is 0 Å². The first kappa shape index (κ1) is 17.9. The topological polar surface area (TPSA) is 46.2 Å². The van der Waals surface area contributed by atoms with Crippen LogP contribution in [0.2, 0.25) is 0 Å². The van der Waals surface area contributed by atoms with Gasteiger partial charge in [0, 0.05) is 6.04 Å². The number of hydrogen-bond acceptors (Lipinski definition) is 3. The largest absolute Gasteiger partial charge is 0.501 e. The molecule has 1 atom stereocenters. The predicted octanol–water partition coefficient (Wildman–Crippen LogP) is 3.05. The van der Waals surface area contributed by atoms with Gasteiger partial charge in [-0.25, -0.2) is 12.8 Å².